The minimum atomic E-state index is -4.20. The van der Waals surface area contributed by atoms with Gasteiger partial charge in [0.1, 0.15) is 16.8 Å². The second-order valence-electron chi connectivity index (χ2n) is 6.90. The molecule has 1 fully saturated rings. The van der Waals surface area contributed by atoms with Gasteiger partial charge in [-0.15, -0.1) is 0 Å². The summed E-state index contributed by atoms with van der Waals surface area (Å²) in [4.78, 5) is 25.7. The monoisotopic (exact) mass is 399 g/mol. The molecule has 27 heavy (non-hydrogen) atoms. The lowest BCUT2D eigenvalue weighted by Crippen LogP contribution is -2.50. The quantitative estimate of drug-likeness (QED) is 0.688. The Morgan fingerprint density at radius 3 is 2.41 bits per heavy atom. The Labute approximate surface area is 159 Å². The fourth-order valence-electron chi connectivity index (χ4n) is 2.91. The third-order valence-corrected chi connectivity index (χ3v) is 5.93. The van der Waals surface area contributed by atoms with Crippen molar-refractivity contribution >= 4 is 21.8 Å². The SMILES string of the molecule is CC(C)[C@H](NS(=O)(=O)c1ccccc1F)C(=O)NCCC(=O)N1CCCC1. The van der Waals surface area contributed by atoms with Gasteiger partial charge in [0.25, 0.3) is 0 Å². The van der Waals surface area contributed by atoms with Crippen LogP contribution in [0.3, 0.4) is 0 Å². The van der Waals surface area contributed by atoms with Crippen LogP contribution in [0.15, 0.2) is 29.2 Å². The Morgan fingerprint density at radius 2 is 1.81 bits per heavy atom. The van der Waals surface area contributed by atoms with Gasteiger partial charge >= 0.3 is 0 Å². The van der Waals surface area contributed by atoms with Gasteiger partial charge < -0.3 is 10.2 Å². The Morgan fingerprint density at radius 1 is 1.19 bits per heavy atom. The zero-order valence-corrected chi connectivity index (χ0v) is 16.4. The highest BCUT2D eigenvalue weighted by Crippen LogP contribution is 2.15. The average Bonchev–Trinajstić information content (AvgIpc) is 3.14. The van der Waals surface area contributed by atoms with Crippen molar-refractivity contribution in [1.29, 1.82) is 0 Å². The predicted octanol–water partition coefficient (Wildman–Crippen LogP) is 1.26. The molecule has 0 unspecified atom stereocenters. The molecule has 2 amide bonds. The zero-order chi connectivity index (χ0) is 20.0. The molecular weight excluding hydrogens is 373 g/mol. The van der Waals surface area contributed by atoms with Crippen LogP contribution in [-0.4, -0.2) is 50.8 Å². The van der Waals surface area contributed by atoms with E-state index in [1.807, 2.05) is 0 Å². The number of carbonyl (C=O) groups is 2. The molecule has 1 saturated heterocycles. The number of halogens is 1. The van der Waals surface area contributed by atoms with Crippen molar-refractivity contribution in [2.45, 2.75) is 44.0 Å². The van der Waals surface area contributed by atoms with Crippen LogP contribution in [0.25, 0.3) is 0 Å². The highest BCUT2D eigenvalue weighted by atomic mass is 32.2. The maximum atomic E-state index is 13.8. The first-order valence-corrected chi connectivity index (χ1v) is 10.5. The number of nitrogens with one attached hydrogen (secondary N) is 2. The van der Waals surface area contributed by atoms with Crippen LogP contribution in [-0.2, 0) is 19.6 Å². The topological polar surface area (TPSA) is 95.6 Å². The van der Waals surface area contributed by atoms with Crippen LogP contribution in [0, 0.1) is 11.7 Å². The number of amides is 2. The third-order valence-electron chi connectivity index (χ3n) is 4.45. The van der Waals surface area contributed by atoms with Crippen LogP contribution in [0.5, 0.6) is 0 Å². The summed E-state index contributed by atoms with van der Waals surface area (Å²) in [7, 11) is -4.20. The number of hydrogen-bond donors (Lipinski definition) is 2. The van der Waals surface area contributed by atoms with E-state index in [0.717, 1.165) is 38.1 Å². The number of hydrogen-bond acceptors (Lipinski definition) is 4. The van der Waals surface area contributed by atoms with E-state index in [1.165, 1.54) is 12.1 Å². The molecule has 0 aromatic heterocycles. The minimum Gasteiger partial charge on any atom is -0.354 e. The Bertz CT molecular complexity index is 777. The molecule has 0 saturated carbocycles. The average molecular weight is 399 g/mol. The zero-order valence-electron chi connectivity index (χ0n) is 15.6. The molecule has 2 rings (SSSR count). The lowest BCUT2D eigenvalue weighted by molar-refractivity contribution is -0.130. The lowest BCUT2D eigenvalue weighted by atomic mass is 10.1. The van der Waals surface area contributed by atoms with E-state index in [1.54, 1.807) is 18.7 Å². The van der Waals surface area contributed by atoms with Crippen LogP contribution in [0.2, 0.25) is 0 Å². The number of benzene rings is 1. The van der Waals surface area contributed by atoms with Gasteiger partial charge in [-0.1, -0.05) is 26.0 Å². The summed E-state index contributed by atoms with van der Waals surface area (Å²) in [5.74, 6) is -1.81. The summed E-state index contributed by atoms with van der Waals surface area (Å²) in [5.41, 5.74) is 0. The number of carbonyl (C=O) groups excluding carboxylic acids is 2. The van der Waals surface area contributed by atoms with Gasteiger partial charge in [0.2, 0.25) is 21.8 Å². The van der Waals surface area contributed by atoms with Gasteiger partial charge in [-0.2, -0.15) is 4.72 Å². The molecule has 1 atom stereocenters. The van der Waals surface area contributed by atoms with Gasteiger partial charge in [0, 0.05) is 26.1 Å². The standard InChI is InChI=1S/C18H26FN3O4S/c1-13(2)17(21-27(25,26)15-8-4-3-7-14(15)19)18(24)20-10-9-16(23)22-11-5-6-12-22/h3-4,7-8,13,17,21H,5-6,9-12H2,1-2H3,(H,20,24)/t17-/m0/s1. The van der Waals surface area contributed by atoms with Crippen molar-refractivity contribution in [2.75, 3.05) is 19.6 Å². The molecule has 0 spiro atoms. The second kappa shape index (κ2) is 9.27. The largest absolute Gasteiger partial charge is 0.354 e. The summed E-state index contributed by atoms with van der Waals surface area (Å²) < 4.78 is 41.0. The molecule has 0 aliphatic carbocycles. The van der Waals surface area contributed by atoms with E-state index in [2.05, 4.69) is 10.0 Å². The molecule has 0 bridgehead atoms. The molecule has 2 N–H and O–H groups in total. The van der Waals surface area contributed by atoms with Crippen LogP contribution in [0.4, 0.5) is 4.39 Å². The van der Waals surface area contributed by atoms with Crippen molar-refractivity contribution in [1.82, 2.24) is 14.9 Å². The van der Waals surface area contributed by atoms with Crippen molar-refractivity contribution in [2.24, 2.45) is 5.92 Å². The highest BCUT2D eigenvalue weighted by Gasteiger charge is 2.29. The molecule has 1 aliphatic heterocycles. The first kappa shape index (κ1) is 21.3. The summed E-state index contributed by atoms with van der Waals surface area (Å²) in [6, 6.07) is 3.91. The molecule has 1 aromatic rings. The molecular formula is C18H26FN3O4S. The highest BCUT2D eigenvalue weighted by molar-refractivity contribution is 7.89. The Kier molecular flexibility index (Phi) is 7.32. The first-order chi connectivity index (χ1) is 12.7. The van der Waals surface area contributed by atoms with E-state index >= 15 is 0 Å². The van der Waals surface area contributed by atoms with E-state index < -0.39 is 32.7 Å². The Hall–Kier alpha value is -2.00. The van der Waals surface area contributed by atoms with Crippen LogP contribution < -0.4 is 10.0 Å². The molecule has 0 radical (unpaired) electrons. The first-order valence-electron chi connectivity index (χ1n) is 9.04. The van der Waals surface area contributed by atoms with E-state index in [0.29, 0.717) is 0 Å². The predicted molar refractivity (Wildman–Crippen MR) is 98.8 cm³/mol. The number of likely N-dealkylation sites (tertiary alicyclic amines) is 1. The fraction of sp³-hybridized carbons (Fsp3) is 0.556. The van der Waals surface area contributed by atoms with E-state index in [4.69, 9.17) is 0 Å². The smallest absolute Gasteiger partial charge is 0.244 e. The summed E-state index contributed by atoms with van der Waals surface area (Å²) >= 11 is 0. The van der Waals surface area contributed by atoms with Crippen molar-refractivity contribution in [3.05, 3.63) is 30.1 Å². The summed E-state index contributed by atoms with van der Waals surface area (Å²) in [6.45, 7) is 4.97. The van der Waals surface area contributed by atoms with Crippen LogP contribution >= 0.6 is 0 Å². The number of nitrogens with zero attached hydrogens (tertiary/aromatic N) is 1. The maximum Gasteiger partial charge on any atom is 0.244 e. The molecule has 9 heteroatoms. The van der Waals surface area contributed by atoms with Gasteiger partial charge in [0.15, 0.2) is 0 Å². The van der Waals surface area contributed by atoms with Gasteiger partial charge in [-0.3, -0.25) is 9.59 Å². The van der Waals surface area contributed by atoms with E-state index in [9.17, 15) is 22.4 Å². The minimum absolute atomic E-state index is 0.0270. The van der Waals surface area contributed by atoms with Gasteiger partial charge in [0.05, 0.1) is 0 Å². The van der Waals surface area contributed by atoms with Crippen molar-refractivity contribution in [3.63, 3.8) is 0 Å². The maximum absolute atomic E-state index is 13.8. The molecule has 7 nitrogen and oxygen atoms in total. The van der Waals surface area contributed by atoms with Crippen molar-refractivity contribution < 1.29 is 22.4 Å². The molecule has 1 aromatic carbocycles. The van der Waals surface area contributed by atoms with Crippen molar-refractivity contribution in [3.8, 4) is 0 Å². The molecule has 1 aliphatic rings. The Balaban J connectivity index is 1.96. The number of rotatable bonds is 8. The summed E-state index contributed by atoms with van der Waals surface area (Å²) in [5, 5.41) is 2.60. The molecule has 1 heterocycles. The van der Waals surface area contributed by atoms with Gasteiger partial charge in [-0.25, -0.2) is 12.8 Å². The van der Waals surface area contributed by atoms with Gasteiger partial charge in [-0.05, 0) is 30.9 Å². The summed E-state index contributed by atoms with van der Waals surface area (Å²) in [6.07, 6.45) is 2.15. The molecule has 150 valence electrons. The third kappa shape index (κ3) is 5.74. The normalized spacial score (nSPS) is 15.8. The lowest BCUT2D eigenvalue weighted by Gasteiger charge is -2.22. The fourth-order valence-corrected chi connectivity index (χ4v) is 4.34. The number of sulfonamides is 1. The second-order valence-corrected chi connectivity index (χ2v) is 8.58. The van der Waals surface area contributed by atoms with E-state index in [-0.39, 0.29) is 24.8 Å². The van der Waals surface area contributed by atoms with Crippen LogP contribution in [0.1, 0.15) is 33.1 Å².